The Balaban J connectivity index is 1.78. The monoisotopic (exact) mass is 413 g/mol. The van der Waals surface area contributed by atoms with Crippen LogP contribution >= 0.6 is 11.8 Å². The summed E-state index contributed by atoms with van der Waals surface area (Å²) in [5, 5.41) is 16.7. The number of hydrogen-bond donors (Lipinski definition) is 2. The number of rotatable bonds is 8. The summed E-state index contributed by atoms with van der Waals surface area (Å²) in [6, 6.07) is 10.1. The average Bonchev–Trinajstić information content (AvgIpc) is 3.37. The Bertz CT molecular complexity index is 1040. The van der Waals surface area contributed by atoms with Gasteiger partial charge in [0.25, 0.3) is 0 Å². The van der Waals surface area contributed by atoms with Crippen LogP contribution in [0.25, 0.3) is 17.4 Å². The molecule has 1 aromatic carbocycles. The van der Waals surface area contributed by atoms with Crippen LogP contribution in [0, 0.1) is 0 Å². The van der Waals surface area contributed by atoms with Crippen molar-refractivity contribution in [3.63, 3.8) is 0 Å². The van der Waals surface area contributed by atoms with Gasteiger partial charge in [0.2, 0.25) is 5.16 Å². The fourth-order valence-electron chi connectivity index (χ4n) is 2.51. The summed E-state index contributed by atoms with van der Waals surface area (Å²) in [5.41, 5.74) is 1.18. The first-order valence-corrected chi connectivity index (χ1v) is 9.64. The lowest BCUT2D eigenvalue weighted by Gasteiger charge is -2.01. The maximum Gasteiger partial charge on any atom is 0.342 e. The van der Waals surface area contributed by atoms with Gasteiger partial charge in [-0.05, 0) is 42.4 Å². The van der Waals surface area contributed by atoms with Crippen molar-refractivity contribution in [2.24, 2.45) is 0 Å². The minimum atomic E-state index is -1.10. The van der Waals surface area contributed by atoms with Gasteiger partial charge in [0.05, 0.1) is 12.7 Å². The van der Waals surface area contributed by atoms with Gasteiger partial charge in [0.15, 0.2) is 0 Å². The van der Waals surface area contributed by atoms with E-state index in [1.54, 1.807) is 36.4 Å². The summed E-state index contributed by atoms with van der Waals surface area (Å²) in [7, 11) is 1.32. The number of methoxy groups -OCH3 is 1. The SMILES string of the molecule is CCCc1nc(S/C(=C\c2ccc(-c3ccc(C(=O)OC)cc3)o2)C(=O)O)n[nH]1. The molecule has 8 nitrogen and oxygen atoms in total. The highest BCUT2D eigenvalue weighted by Crippen LogP contribution is 2.28. The van der Waals surface area contributed by atoms with E-state index in [1.165, 1.54) is 13.2 Å². The molecule has 0 saturated heterocycles. The normalized spacial score (nSPS) is 11.4. The zero-order valence-electron chi connectivity index (χ0n) is 15.8. The number of nitrogens with zero attached hydrogens (tertiary/aromatic N) is 2. The summed E-state index contributed by atoms with van der Waals surface area (Å²) in [6.07, 6.45) is 3.09. The van der Waals surface area contributed by atoms with Crippen molar-refractivity contribution in [1.82, 2.24) is 15.2 Å². The van der Waals surface area contributed by atoms with Crippen LogP contribution < -0.4 is 0 Å². The van der Waals surface area contributed by atoms with Crippen molar-refractivity contribution in [1.29, 1.82) is 0 Å². The van der Waals surface area contributed by atoms with E-state index >= 15 is 0 Å². The van der Waals surface area contributed by atoms with Gasteiger partial charge in [-0.3, -0.25) is 5.10 Å². The molecule has 3 aromatic rings. The highest BCUT2D eigenvalue weighted by atomic mass is 32.2. The highest BCUT2D eigenvalue weighted by molar-refractivity contribution is 8.04. The number of carbonyl (C=O) groups excluding carboxylic acids is 1. The van der Waals surface area contributed by atoms with Crippen molar-refractivity contribution in [2.75, 3.05) is 7.11 Å². The summed E-state index contributed by atoms with van der Waals surface area (Å²) < 4.78 is 10.4. The lowest BCUT2D eigenvalue weighted by Crippen LogP contribution is -2.00. The molecule has 2 N–H and O–H groups in total. The van der Waals surface area contributed by atoms with Gasteiger partial charge in [0.1, 0.15) is 22.3 Å². The second kappa shape index (κ2) is 9.24. The van der Waals surface area contributed by atoms with Crippen LogP contribution in [-0.4, -0.2) is 39.3 Å². The van der Waals surface area contributed by atoms with Gasteiger partial charge in [-0.15, -0.1) is 5.10 Å². The smallest absolute Gasteiger partial charge is 0.342 e. The van der Waals surface area contributed by atoms with Crippen molar-refractivity contribution in [2.45, 2.75) is 24.9 Å². The van der Waals surface area contributed by atoms with Crippen molar-refractivity contribution < 1.29 is 23.8 Å². The number of furan rings is 1. The molecule has 0 atom stereocenters. The first kappa shape index (κ1) is 20.4. The number of aromatic nitrogens is 3. The second-order valence-electron chi connectivity index (χ2n) is 6.00. The molecular formula is C20H19N3O5S. The van der Waals surface area contributed by atoms with Gasteiger partial charge < -0.3 is 14.3 Å². The Morgan fingerprint density at radius 2 is 2.00 bits per heavy atom. The molecule has 0 radical (unpaired) electrons. The van der Waals surface area contributed by atoms with E-state index < -0.39 is 11.9 Å². The van der Waals surface area contributed by atoms with E-state index in [9.17, 15) is 14.7 Å². The molecule has 29 heavy (non-hydrogen) atoms. The number of aryl methyl sites for hydroxylation is 1. The van der Waals surface area contributed by atoms with Gasteiger partial charge >= 0.3 is 11.9 Å². The number of nitrogens with one attached hydrogen (secondary N) is 1. The number of carboxylic acids is 1. The Hall–Kier alpha value is -3.33. The van der Waals surface area contributed by atoms with Crippen molar-refractivity contribution in [3.8, 4) is 11.3 Å². The standard InChI is InChI=1S/C20H19N3O5S/c1-3-4-17-21-20(23-22-17)29-16(18(24)25)11-14-9-10-15(28-14)12-5-7-13(8-6-12)19(26)27-2/h5-11H,3-4H2,1-2H3,(H,24,25)(H,21,22,23)/b16-11-. The van der Waals surface area contributed by atoms with E-state index in [1.807, 2.05) is 6.92 Å². The van der Waals surface area contributed by atoms with Gasteiger partial charge in [-0.25, -0.2) is 14.6 Å². The van der Waals surface area contributed by atoms with Crippen LogP contribution in [0.1, 0.15) is 35.3 Å². The number of carboxylic acid groups (broad SMARTS) is 1. The first-order chi connectivity index (χ1) is 14.0. The topological polar surface area (TPSA) is 118 Å². The first-order valence-electron chi connectivity index (χ1n) is 8.83. The third-order valence-electron chi connectivity index (χ3n) is 3.90. The van der Waals surface area contributed by atoms with Crippen LogP contribution in [0.3, 0.4) is 0 Å². The molecule has 0 bridgehead atoms. The molecule has 0 aliphatic carbocycles. The third kappa shape index (κ3) is 5.14. The molecule has 3 rings (SSSR count). The Morgan fingerprint density at radius 3 is 2.66 bits per heavy atom. The van der Waals surface area contributed by atoms with Crippen LogP contribution in [0.4, 0.5) is 0 Å². The Kier molecular flexibility index (Phi) is 6.50. The van der Waals surface area contributed by atoms with E-state index in [4.69, 9.17) is 4.42 Å². The zero-order valence-corrected chi connectivity index (χ0v) is 16.7. The summed E-state index contributed by atoms with van der Waals surface area (Å²) in [4.78, 5) is 27.4. The van der Waals surface area contributed by atoms with Gasteiger partial charge in [0, 0.05) is 18.1 Å². The minimum Gasteiger partial charge on any atom is -0.477 e. The number of thioether (sulfide) groups is 1. The van der Waals surface area contributed by atoms with Crippen molar-refractivity contribution in [3.05, 3.63) is 58.5 Å². The summed E-state index contributed by atoms with van der Waals surface area (Å²) >= 11 is 0.948. The summed E-state index contributed by atoms with van der Waals surface area (Å²) in [6.45, 7) is 2.02. The quantitative estimate of drug-likeness (QED) is 0.323. The highest BCUT2D eigenvalue weighted by Gasteiger charge is 2.15. The minimum absolute atomic E-state index is 0.0361. The molecule has 0 fully saturated rings. The molecule has 0 spiro atoms. The second-order valence-corrected chi connectivity index (χ2v) is 7.01. The number of H-pyrrole nitrogens is 1. The fourth-order valence-corrected chi connectivity index (χ4v) is 3.21. The van der Waals surface area contributed by atoms with E-state index in [0.717, 1.165) is 36.0 Å². The molecule has 2 heterocycles. The molecule has 0 aliphatic heterocycles. The lowest BCUT2D eigenvalue weighted by atomic mass is 10.1. The van der Waals surface area contributed by atoms with Gasteiger partial charge in [-0.1, -0.05) is 19.1 Å². The molecular weight excluding hydrogens is 394 g/mol. The van der Waals surface area contributed by atoms with Crippen LogP contribution in [-0.2, 0) is 16.0 Å². The van der Waals surface area contributed by atoms with Gasteiger partial charge in [-0.2, -0.15) is 0 Å². The van der Waals surface area contributed by atoms with E-state index in [2.05, 4.69) is 19.9 Å². The number of hydrogen-bond acceptors (Lipinski definition) is 7. The largest absolute Gasteiger partial charge is 0.477 e. The van der Waals surface area contributed by atoms with E-state index in [-0.39, 0.29) is 4.91 Å². The molecule has 0 unspecified atom stereocenters. The predicted molar refractivity (Wildman–Crippen MR) is 107 cm³/mol. The zero-order chi connectivity index (χ0) is 20.8. The molecule has 2 aromatic heterocycles. The van der Waals surface area contributed by atoms with Crippen molar-refractivity contribution >= 4 is 29.8 Å². The number of aromatic amines is 1. The van der Waals surface area contributed by atoms with E-state index in [0.29, 0.717) is 22.2 Å². The Labute approximate surface area is 171 Å². The number of benzene rings is 1. The predicted octanol–water partition coefficient (Wildman–Crippen LogP) is 4.02. The third-order valence-corrected chi connectivity index (χ3v) is 4.78. The molecule has 0 saturated carbocycles. The Morgan fingerprint density at radius 1 is 1.24 bits per heavy atom. The molecule has 9 heteroatoms. The molecule has 150 valence electrons. The average molecular weight is 413 g/mol. The lowest BCUT2D eigenvalue weighted by molar-refractivity contribution is -0.131. The van der Waals surface area contributed by atoms with Crippen LogP contribution in [0.5, 0.6) is 0 Å². The van der Waals surface area contributed by atoms with Crippen LogP contribution in [0.2, 0.25) is 0 Å². The molecule has 0 aliphatic rings. The van der Waals surface area contributed by atoms with Crippen LogP contribution in [0.15, 0.2) is 50.9 Å². The fraction of sp³-hybridized carbons (Fsp3) is 0.200. The number of ether oxygens (including phenoxy) is 1. The number of aliphatic carboxylic acids is 1. The summed E-state index contributed by atoms with van der Waals surface area (Å²) in [5.74, 6) is 0.126. The number of carbonyl (C=O) groups is 2. The maximum atomic E-state index is 11.6. The maximum absolute atomic E-state index is 11.6. The number of esters is 1. The molecule has 0 amide bonds.